The number of carbonyl (C=O) groups excluding carboxylic acids is 1. The van der Waals surface area contributed by atoms with E-state index in [1.54, 1.807) is 12.1 Å². The van der Waals surface area contributed by atoms with Gasteiger partial charge in [-0.1, -0.05) is 12.1 Å². The minimum atomic E-state index is -0.375. The molecule has 0 atom stereocenters. The fourth-order valence-electron chi connectivity index (χ4n) is 2.16. The number of nitrogens with one attached hydrogen (secondary N) is 4. The number of hydrogen-bond acceptors (Lipinski definition) is 3. The molecule has 0 saturated heterocycles. The molecule has 0 spiro atoms. The first-order valence-electron chi connectivity index (χ1n) is 7.68. The lowest BCUT2D eigenvalue weighted by atomic mass is 10.1. The van der Waals surface area contributed by atoms with Crippen molar-refractivity contribution in [1.82, 2.24) is 10.9 Å². The number of aryl methyl sites for hydroxylation is 1. The minimum Gasteiger partial charge on any atom is -0.450 e. The molecule has 24 heavy (non-hydrogen) atoms. The Balaban J connectivity index is 1.88. The van der Waals surface area contributed by atoms with E-state index in [4.69, 9.17) is 16.6 Å². The van der Waals surface area contributed by atoms with Gasteiger partial charge in [-0.15, -0.1) is 0 Å². The summed E-state index contributed by atoms with van der Waals surface area (Å²) in [5.41, 5.74) is 8.38. The lowest BCUT2D eigenvalue weighted by molar-refractivity contribution is -0.873. The molecule has 2 aromatic rings. The maximum Gasteiger partial charge on any atom is 0.305 e. The molecule has 1 aromatic carbocycles. The first-order valence-corrected chi connectivity index (χ1v) is 8.09. The predicted octanol–water partition coefficient (Wildman–Crippen LogP) is 1.17. The van der Waals surface area contributed by atoms with Gasteiger partial charge in [0.1, 0.15) is 6.54 Å². The summed E-state index contributed by atoms with van der Waals surface area (Å²) in [5.74, 6) is 0.629. The molecule has 0 aliphatic carbocycles. The summed E-state index contributed by atoms with van der Waals surface area (Å²) in [4.78, 5) is 13.3. The number of amides is 1. The lowest BCUT2D eigenvalue weighted by Crippen LogP contribution is -3.04. The van der Waals surface area contributed by atoms with Crippen molar-refractivity contribution >= 4 is 28.9 Å². The maximum atomic E-state index is 12.1. The average Bonchev–Trinajstić information content (AvgIpc) is 2.97. The van der Waals surface area contributed by atoms with Crippen molar-refractivity contribution in [3.05, 3.63) is 53.0 Å². The van der Waals surface area contributed by atoms with E-state index in [1.807, 2.05) is 46.1 Å². The summed E-state index contributed by atoms with van der Waals surface area (Å²) in [6.07, 6.45) is 0. The van der Waals surface area contributed by atoms with E-state index in [9.17, 15) is 4.79 Å². The highest BCUT2D eigenvalue weighted by molar-refractivity contribution is 7.80. The molecule has 0 aliphatic heterocycles. The third-order valence-corrected chi connectivity index (χ3v) is 3.76. The second-order valence-electron chi connectivity index (χ2n) is 5.93. The number of carbonyl (C=O) groups is 1. The largest absolute Gasteiger partial charge is 0.450 e. The zero-order valence-corrected chi connectivity index (χ0v) is 15.1. The average molecular weight is 347 g/mol. The second-order valence-corrected chi connectivity index (χ2v) is 6.34. The fraction of sp³-hybridized carbons (Fsp3) is 0.294. The Hall–Kier alpha value is -2.38. The molecule has 128 valence electrons. The standard InChI is InChI=1S/C17H22N4O2S/c1-11-6-5-7-14(12(11)2)18-17(24)20-19-16(22)15-9-8-13(23-15)10-21(3)4/h5-9H,10H2,1-4H3,(H,19,22)(H2,18,20,24)/p+1. The Kier molecular flexibility index (Phi) is 5.94. The predicted molar refractivity (Wildman–Crippen MR) is 98.0 cm³/mol. The summed E-state index contributed by atoms with van der Waals surface area (Å²) >= 11 is 5.20. The normalized spacial score (nSPS) is 10.5. The van der Waals surface area contributed by atoms with E-state index >= 15 is 0 Å². The van der Waals surface area contributed by atoms with E-state index in [-0.39, 0.29) is 11.7 Å². The molecule has 6 nitrogen and oxygen atoms in total. The summed E-state index contributed by atoms with van der Waals surface area (Å²) < 4.78 is 5.51. The molecule has 1 amide bonds. The van der Waals surface area contributed by atoms with E-state index in [2.05, 4.69) is 16.2 Å². The highest BCUT2D eigenvalue weighted by Crippen LogP contribution is 2.17. The van der Waals surface area contributed by atoms with Crippen LogP contribution in [0.5, 0.6) is 0 Å². The molecule has 0 unspecified atom stereocenters. The molecule has 0 fully saturated rings. The van der Waals surface area contributed by atoms with Crippen LogP contribution in [0.1, 0.15) is 27.4 Å². The molecular weight excluding hydrogens is 324 g/mol. The van der Waals surface area contributed by atoms with Crippen LogP contribution in [-0.2, 0) is 6.54 Å². The van der Waals surface area contributed by atoms with Gasteiger partial charge in [0.2, 0.25) is 0 Å². The van der Waals surface area contributed by atoms with Gasteiger partial charge in [0.05, 0.1) is 14.1 Å². The number of furan rings is 1. The fourth-order valence-corrected chi connectivity index (χ4v) is 2.32. The third kappa shape index (κ3) is 4.81. The molecule has 0 radical (unpaired) electrons. The number of hydrazine groups is 1. The van der Waals surface area contributed by atoms with Gasteiger partial charge in [-0.3, -0.25) is 15.6 Å². The Labute approximate surface area is 147 Å². The molecular formula is C17H23N4O2S+. The van der Waals surface area contributed by atoms with Crippen molar-refractivity contribution in [2.24, 2.45) is 0 Å². The topological polar surface area (TPSA) is 70.7 Å². The molecule has 4 N–H and O–H groups in total. The van der Waals surface area contributed by atoms with Crippen LogP contribution < -0.4 is 21.1 Å². The number of quaternary nitrogens is 1. The smallest absolute Gasteiger partial charge is 0.305 e. The molecule has 2 rings (SSSR count). The highest BCUT2D eigenvalue weighted by Gasteiger charge is 2.13. The number of thiocarbonyl (C=S) groups is 1. The van der Waals surface area contributed by atoms with Crippen molar-refractivity contribution in [3.63, 3.8) is 0 Å². The van der Waals surface area contributed by atoms with Crippen molar-refractivity contribution in [2.75, 3.05) is 19.4 Å². The zero-order valence-electron chi connectivity index (χ0n) is 14.3. The van der Waals surface area contributed by atoms with Crippen LogP contribution >= 0.6 is 12.2 Å². The molecule has 0 bridgehead atoms. The van der Waals surface area contributed by atoms with Crippen LogP contribution in [0.15, 0.2) is 34.7 Å². The van der Waals surface area contributed by atoms with Gasteiger partial charge in [-0.2, -0.15) is 0 Å². The SMILES string of the molecule is Cc1cccc(NC(=S)NNC(=O)c2ccc(C[NH+](C)C)o2)c1C. The molecule has 0 aliphatic rings. The third-order valence-electron chi connectivity index (χ3n) is 3.56. The number of anilines is 1. The Morgan fingerprint density at radius 3 is 2.62 bits per heavy atom. The van der Waals surface area contributed by atoms with Crippen molar-refractivity contribution in [3.8, 4) is 0 Å². The maximum absolute atomic E-state index is 12.1. The van der Waals surface area contributed by atoms with Crippen molar-refractivity contribution in [1.29, 1.82) is 0 Å². The number of benzene rings is 1. The van der Waals surface area contributed by atoms with Crippen LogP contribution in [0.4, 0.5) is 5.69 Å². The van der Waals surface area contributed by atoms with E-state index in [1.165, 1.54) is 4.90 Å². The highest BCUT2D eigenvalue weighted by atomic mass is 32.1. The van der Waals surface area contributed by atoms with E-state index in [0.29, 0.717) is 11.7 Å². The van der Waals surface area contributed by atoms with Crippen LogP contribution in [0.2, 0.25) is 0 Å². The first-order chi connectivity index (χ1) is 11.4. The van der Waals surface area contributed by atoms with Gasteiger partial charge in [-0.05, 0) is 55.4 Å². The number of hydrogen-bond donors (Lipinski definition) is 4. The molecule has 1 heterocycles. The van der Waals surface area contributed by atoms with Gasteiger partial charge in [0.15, 0.2) is 16.6 Å². The van der Waals surface area contributed by atoms with Gasteiger partial charge in [-0.25, -0.2) is 0 Å². The number of rotatable bonds is 4. The van der Waals surface area contributed by atoms with Crippen LogP contribution in [0.3, 0.4) is 0 Å². The Morgan fingerprint density at radius 1 is 1.17 bits per heavy atom. The molecule has 7 heteroatoms. The van der Waals surface area contributed by atoms with Gasteiger partial charge >= 0.3 is 5.91 Å². The van der Waals surface area contributed by atoms with Crippen LogP contribution in [-0.4, -0.2) is 25.1 Å². The van der Waals surface area contributed by atoms with Crippen molar-refractivity contribution in [2.45, 2.75) is 20.4 Å². The quantitative estimate of drug-likeness (QED) is 0.494. The van der Waals surface area contributed by atoms with Gasteiger partial charge in [0.25, 0.3) is 0 Å². The lowest BCUT2D eigenvalue weighted by Gasteiger charge is -2.13. The van der Waals surface area contributed by atoms with Gasteiger partial charge in [0, 0.05) is 5.69 Å². The van der Waals surface area contributed by atoms with Crippen LogP contribution in [0, 0.1) is 13.8 Å². The summed E-state index contributed by atoms with van der Waals surface area (Å²) in [7, 11) is 4.03. The molecule has 0 saturated carbocycles. The first kappa shape index (κ1) is 18.0. The van der Waals surface area contributed by atoms with Crippen LogP contribution in [0.25, 0.3) is 0 Å². The monoisotopic (exact) mass is 347 g/mol. The molecule has 1 aromatic heterocycles. The minimum absolute atomic E-state index is 0.244. The van der Waals surface area contributed by atoms with E-state index in [0.717, 1.165) is 22.6 Å². The second kappa shape index (κ2) is 7.94. The van der Waals surface area contributed by atoms with E-state index < -0.39 is 0 Å². The summed E-state index contributed by atoms with van der Waals surface area (Å²) in [5, 5.41) is 3.37. The summed E-state index contributed by atoms with van der Waals surface area (Å²) in [6.45, 7) is 4.76. The Morgan fingerprint density at radius 2 is 1.92 bits per heavy atom. The zero-order chi connectivity index (χ0) is 17.7. The van der Waals surface area contributed by atoms with Crippen molar-refractivity contribution < 1.29 is 14.1 Å². The Bertz CT molecular complexity index is 740. The summed E-state index contributed by atoms with van der Waals surface area (Å²) in [6, 6.07) is 9.36. The van der Waals surface area contributed by atoms with Gasteiger partial charge < -0.3 is 14.6 Å².